The van der Waals surface area contributed by atoms with Gasteiger partial charge in [0.25, 0.3) is 0 Å². The summed E-state index contributed by atoms with van der Waals surface area (Å²) in [4.78, 5) is 16.4. The highest BCUT2D eigenvalue weighted by Crippen LogP contribution is 2.25. The molecular formula is C23H22N2O2. The minimum atomic E-state index is -0.138. The summed E-state index contributed by atoms with van der Waals surface area (Å²) in [7, 11) is 0. The smallest absolute Gasteiger partial charge is 0.244 e. The van der Waals surface area contributed by atoms with E-state index in [4.69, 9.17) is 4.74 Å². The highest BCUT2D eigenvalue weighted by molar-refractivity contribution is 5.95. The summed E-state index contributed by atoms with van der Waals surface area (Å²) in [5.74, 6) is 0.739. The molecule has 27 heavy (non-hydrogen) atoms. The van der Waals surface area contributed by atoms with Crippen molar-refractivity contribution >= 4 is 22.9 Å². The maximum Gasteiger partial charge on any atom is 0.244 e. The standard InChI is InChI=1S/C23H22N2O2/c26-22(12-10-19-6-2-5-18-8-3-13-25-23(18)19)24-14-15-27-21-11-9-17-4-1-7-20(17)16-21/h2-3,5-6,8-13,16H,1,4,7,14-15H2,(H,24,26). The molecule has 1 amide bonds. The number of aromatic nitrogens is 1. The molecule has 2 aromatic carbocycles. The third kappa shape index (κ3) is 4.17. The summed E-state index contributed by atoms with van der Waals surface area (Å²) in [6.07, 6.45) is 8.63. The van der Waals surface area contributed by atoms with Gasteiger partial charge >= 0.3 is 0 Å². The van der Waals surface area contributed by atoms with Gasteiger partial charge in [0, 0.05) is 23.2 Å². The zero-order valence-electron chi connectivity index (χ0n) is 15.2. The maximum absolute atomic E-state index is 12.0. The second-order valence-corrected chi connectivity index (χ2v) is 6.68. The van der Waals surface area contributed by atoms with E-state index in [-0.39, 0.29) is 5.91 Å². The van der Waals surface area contributed by atoms with Crippen LogP contribution >= 0.6 is 0 Å². The summed E-state index contributed by atoms with van der Waals surface area (Å²) in [6, 6.07) is 16.1. The molecule has 0 saturated carbocycles. The van der Waals surface area contributed by atoms with Crippen LogP contribution in [0.25, 0.3) is 17.0 Å². The molecule has 4 rings (SSSR count). The topological polar surface area (TPSA) is 51.2 Å². The van der Waals surface area contributed by atoms with Gasteiger partial charge in [-0.25, -0.2) is 0 Å². The average molecular weight is 358 g/mol. The Morgan fingerprint density at radius 1 is 1.11 bits per heavy atom. The zero-order chi connectivity index (χ0) is 18.5. The molecule has 1 aliphatic rings. The van der Waals surface area contributed by atoms with Gasteiger partial charge in [-0.15, -0.1) is 0 Å². The number of hydrogen-bond acceptors (Lipinski definition) is 3. The first-order valence-electron chi connectivity index (χ1n) is 9.34. The van der Waals surface area contributed by atoms with Gasteiger partial charge in [0.2, 0.25) is 5.91 Å². The van der Waals surface area contributed by atoms with Crippen LogP contribution in [0.4, 0.5) is 0 Å². The molecule has 1 aromatic heterocycles. The highest BCUT2D eigenvalue weighted by atomic mass is 16.5. The summed E-state index contributed by atoms with van der Waals surface area (Å²) < 4.78 is 5.75. The van der Waals surface area contributed by atoms with Gasteiger partial charge in [0.1, 0.15) is 12.4 Å². The van der Waals surface area contributed by atoms with E-state index in [9.17, 15) is 4.79 Å². The van der Waals surface area contributed by atoms with E-state index in [1.54, 1.807) is 18.3 Å². The number of ether oxygens (including phenoxy) is 1. The summed E-state index contributed by atoms with van der Waals surface area (Å²) >= 11 is 0. The van der Waals surface area contributed by atoms with Crippen LogP contribution in [0.1, 0.15) is 23.1 Å². The van der Waals surface area contributed by atoms with Crippen LogP contribution in [-0.2, 0) is 17.6 Å². The predicted octanol–water partition coefficient (Wildman–Crippen LogP) is 3.93. The van der Waals surface area contributed by atoms with E-state index in [2.05, 4.69) is 22.4 Å². The van der Waals surface area contributed by atoms with Crippen molar-refractivity contribution in [3.63, 3.8) is 0 Å². The van der Waals surface area contributed by atoms with Gasteiger partial charge in [-0.3, -0.25) is 9.78 Å². The number of nitrogens with one attached hydrogen (secondary N) is 1. The number of pyridine rings is 1. The molecule has 0 spiro atoms. The fourth-order valence-corrected chi connectivity index (χ4v) is 3.47. The number of nitrogens with zero attached hydrogens (tertiary/aromatic N) is 1. The third-order valence-electron chi connectivity index (χ3n) is 4.82. The van der Waals surface area contributed by atoms with Gasteiger partial charge in [-0.05, 0) is 54.7 Å². The van der Waals surface area contributed by atoms with Gasteiger partial charge < -0.3 is 10.1 Å². The SMILES string of the molecule is O=C(C=Cc1cccc2cccnc12)NCCOc1ccc2c(c1)CCC2. The number of para-hydroxylation sites is 1. The summed E-state index contributed by atoms with van der Waals surface area (Å²) in [5.41, 5.74) is 4.65. The van der Waals surface area contributed by atoms with E-state index < -0.39 is 0 Å². The van der Waals surface area contributed by atoms with Crippen LogP contribution in [-0.4, -0.2) is 24.0 Å². The van der Waals surface area contributed by atoms with Crippen molar-refractivity contribution in [1.29, 1.82) is 0 Å². The monoisotopic (exact) mass is 358 g/mol. The molecular weight excluding hydrogens is 336 g/mol. The van der Waals surface area contributed by atoms with E-state index in [1.165, 1.54) is 24.0 Å². The zero-order valence-corrected chi connectivity index (χ0v) is 15.2. The number of carbonyl (C=O) groups is 1. The predicted molar refractivity (Wildman–Crippen MR) is 108 cm³/mol. The molecule has 4 nitrogen and oxygen atoms in total. The van der Waals surface area contributed by atoms with Crippen LogP contribution in [0.15, 0.2) is 60.8 Å². The lowest BCUT2D eigenvalue weighted by Crippen LogP contribution is -2.26. The quantitative estimate of drug-likeness (QED) is 0.536. The van der Waals surface area contributed by atoms with Gasteiger partial charge in [0.05, 0.1) is 12.1 Å². The fourth-order valence-electron chi connectivity index (χ4n) is 3.47. The average Bonchev–Trinajstić information content (AvgIpc) is 3.17. The second-order valence-electron chi connectivity index (χ2n) is 6.68. The highest BCUT2D eigenvalue weighted by Gasteiger charge is 2.11. The fraction of sp³-hybridized carbons (Fsp3) is 0.217. The summed E-state index contributed by atoms with van der Waals surface area (Å²) in [6.45, 7) is 0.919. The van der Waals surface area contributed by atoms with Crippen LogP contribution in [0.3, 0.4) is 0 Å². The van der Waals surface area contributed by atoms with Crippen LogP contribution < -0.4 is 10.1 Å². The first-order chi connectivity index (χ1) is 13.3. The molecule has 3 aromatic rings. The largest absolute Gasteiger partial charge is 0.492 e. The second kappa shape index (κ2) is 8.04. The molecule has 0 bridgehead atoms. The molecule has 0 radical (unpaired) electrons. The number of fused-ring (bicyclic) bond motifs is 2. The van der Waals surface area contributed by atoms with Gasteiger partial charge in [-0.2, -0.15) is 0 Å². The number of amides is 1. The number of benzene rings is 2. The van der Waals surface area contributed by atoms with Crippen LogP contribution in [0.2, 0.25) is 0 Å². The lowest BCUT2D eigenvalue weighted by molar-refractivity contribution is -0.116. The van der Waals surface area contributed by atoms with Crippen molar-refractivity contribution in [3.05, 3.63) is 77.5 Å². The van der Waals surface area contributed by atoms with Crippen LogP contribution in [0.5, 0.6) is 5.75 Å². The van der Waals surface area contributed by atoms with Crippen molar-refractivity contribution in [2.24, 2.45) is 0 Å². The third-order valence-corrected chi connectivity index (χ3v) is 4.82. The van der Waals surface area contributed by atoms with E-state index in [0.29, 0.717) is 13.2 Å². The van der Waals surface area contributed by atoms with Crippen molar-refractivity contribution in [2.45, 2.75) is 19.3 Å². The molecule has 0 saturated heterocycles. The van der Waals surface area contributed by atoms with Gasteiger partial charge in [0.15, 0.2) is 0 Å². The molecule has 1 N–H and O–H groups in total. The van der Waals surface area contributed by atoms with Crippen molar-refractivity contribution in [1.82, 2.24) is 10.3 Å². The Morgan fingerprint density at radius 3 is 2.96 bits per heavy atom. The van der Waals surface area contributed by atoms with Crippen LogP contribution in [0, 0.1) is 0 Å². The Kier molecular flexibility index (Phi) is 5.15. The Morgan fingerprint density at radius 2 is 2.00 bits per heavy atom. The minimum Gasteiger partial charge on any atom is -0.492 e. The van der Waals surface area contributed by atoms with E-state index in [0.717, 1.165) is 28.6 Å². The molecule has 136 valence electrons. The molecule has 1 aliphatic carbocycles. The summed E-state index contributed by atoms with van der Waals surface area (Å²) in [5, 5.41) is 3.91. The maximum atomic E-state index is 12.0. The lowest BCUT2D eigenvalue weighted by Gasteiger charge is -2.08. The number of carbonyl (C=O) groups excluding carboxylic acids is 1. The molecule has 0 aliphatic heterocycles. The Balaban J connectivity index is 1.28. The molecule has 0 unspecified atom stereocenters. The van der Waals surface area contributed by atoms with E-state index in [1.807, 2.05) is 36.4 Å². The first kappa shape index (κ1) is 17.3. The Bertz CT molecular complexity index is 989. The number of rotatable bonds is 6. The normalized spacial score (nSPS) is 13.0. The van der Waals surface area contributed by atoms with Crippen molar-refractivity contribution in [3.8, 4) is 5.75 Å². The molecule has 1 heterocycles. The molecule has 0 fully saturated rings. The van der Waals surface area contributed by atoms with Crippen molar-refractivity contribution in [2.75, 3.05) is 13.2 Å². The Labute approximate surface area is 158 Å². The van der Waals surface area contributed by atoms with Gasteiger partial charge in [-0.1, -0.05) is 30.3 Å². The number of hydrogen-bond donors (Lipinski definition) is 1. The lowest BCUT2D eigenvalue weighted by atomic mass is 10.1. The Hall–Kier alpha value is -3.14. The minimum absolute atomic E-state index is 0.138. The van der Waals surface area contributed by atoms with E-state index >= 15 is 0 Å². The van der Waals surface area contributed by atoms with Crippen molar-refractivity contribution < 1.29 is 9.53 Å². The first-order valence-corrected chi connectivity index (χ1v) is 9.34. The molecule has 4 heteroatoms. The number of aryl methyl sites for hydroxylation is 2. The molecule has 0 atom stereocenters.